The summed E-state index contributed by atoms with van der Waals surface area (Å²) >= 11 is 0. The van der Waals surface area contributed by atoms with Gasteiger partial charge in [-0.15, -0.1) is 0 Å². The fourth-order valence-electron chi connectivity index (χ4n) is 3.02. The first kappa shape index (κ1) is 21.6. The van der Waals surface area contributed by atoms with Crippen LogP contribution in [0.25, 0.3) is 0 Å². The zero-order chi connectivity index (χ0) is 20.7. The number of allylic oxidation sites excluding steroid dienone is 2. The predicted octanol–water partition coefficient (Wildman–Crippen LogP) is 6.16. The fourth-order valence-corrected chi connectivity index (χ4v) is 3.02. The number of hydrogen-bond acceptors (Lipinski definition) is 3. The van der Waals surface area contributed by atoms with Crippen LogP contribution in [-0.4, -0.2) is 11.4 Å². The highest BCUT2D eigenvalue weighted by Crippen LogP contribution is 2.45. The van der Waals surface area contributed by atoms with E-state index in [1.807, 2.05) is 63.3 Å². The van der Waals surface area contributed by atoms with Gasteiger partial charge < -0.3 is 0 Å². The van der Waals surface area contributed by atoms with Gasteiger partial charge in [0.05, 0.1) is 5.60 Å². The summed E-state index contributed by atoms with van der Waals surface area (Å²) in [4.78, 5) is 25.2. The number of carbonyl (C=O) groups is 1. The van der Waals surface area contributed by atoms with E-state index in [2.05, 4.69) is 41.5 Å². The minimum Gasteiger partial charge on any atom is -0.289 e. The van der Waals surface area contributed by atoms with Gasteiger partial charge in [0.2, 0.25) is 0 Å². The third-order valence-electron chi connectivity index (χ3n) is 4.48. The normalized spacial score (nSPS) is 18.2. The van der Waals surface area contributed by atoms with E-state index in [9.17, 15) is 4.79 Å². The molecule has 0 radical (unpaired) electrons. The van der Waals surface area contributed by atoms with Crippen molar-refractivity contribution in [3.05, 3.63) is 59.2 Å². The van der Waals surface area contributed by atoms with Gasteiger partial charge in [-0.25, -0.2) is 9.78 Å². The van der Waals surface area contributed by atoms with Crippen molar-refractivity contribution in [1.29, 1.82) is 0 Å². The second kappa shape index (κ2) is 7.03. The number of benzene rings is 1. The van der Waals surface area contributed by atoms with Gasteiger partial charge in [0, 0.05) is 11.1 Å². The molecule has 0 heterocycles. The third kappa shape index (κ3) is 4.97. The van der Waals surface area contributed by atoms with Crippen LogP contribution in [0.3, 0.4) is 0 Å². The summed E-state index contributed by atoms with van der Waals surface area (Å²) in [5.41, 5.74) is 0.375. The van der Waals surface area contributed by atoms with Crippen molar-refractivity contribution in [1.82, 2.24) is 0 Å². The van der Waals surface area contributed by atoms with Gasteiger partial charge >= 0.3 is 0 Å². The van der Waals surface area contributed by atoms with Crippen molar-refractivity contribution in [2.75, 3.05) is 0 Å². The lowest BCUT2D eigenvalue weighted by molar-refractivity contribution is -0.388. The van der Waals surface area contributed by atoms with Crippen LogP contribution in [0.4, 0.5) is 0 Å². The molecule has 0 saturated carbocycles. The van der Waals surface area contributed by atoms with Crippen molar-refractivity contribution in [2.24, 2.45) is 10.8 Å². The quantitative estimate of drug-likeness (QED) is 0.472. The Bertz CT molecular complexity index is 714. The standard InChI is InChI=1S/C24H34O3/c1-21(2,3)18-15-24(27-26-23(7,8)9,17-13-11-10-12-14-17)16-19(20(18)25)22(4,5)6/h10-16H,1-9H3. The molecule has 0 unspecified atom stereocenters. The molecule has 0 fully saturated rings. The zero-order valence-electron chi connectivity index (χ0n) is 18.3. The van der Waals surface area contributed by atoms with E-state index in [-0.39, 0.29) is 16.6 Å². The Morgan fingerprint density at radius 2 is 1.19 bits per heavy atom. The lowest BCUT2D eigenvalue weighted by Crippen LogP contribution is -2.39. The Balaban J connectivity index is 2.75. The van der Waals surface area contributed by atoms with Crippen LogP contribution in [0, 0.1) is 10.8 Å². The zero-order valence-corrected chi connectivity index (χ0v) is 18.3. The third-order valence-corrected chi connectivity index (χ3v) is 4.48. The molecule has 148 valence electrons. The smallest absolute Gasteiger partial charge is 0.185 e. The average Bonchev–Trinajstić information content (AvgIpc) is 2.52. The van der Waals surface area contributed by atoms with Gasteiger partial charge in [0.25, 0.3) is 0 Å². The van der Waals surface area contributed by atoms with Crippen molar-refractivity contribution in [3.63, 3.8) is 0 Å². The van der Waals surface area contributed by atoms with E-state index in [0.717, 1.165) is 16.7 Å². The molecule has 3 nitrogen and oxygen atoms in total. The summed E-state index contributed by atoms with van der Waals surface area (Å²) < 4.78 is 0. The maximum atomic E-state index is 13.3. The van der Waals surface area contributed by atoms with E-state index in [4.69, 9.17) is 9.78 Å². The van der Waals surface area contributed by atoms with Crippen LogP contribution < -0.4 is 0 Å². The van der Waals surface area contributed by atoms with Crippen molar-refractivity contribution in [2.45, 2.75) is 73.5 Å². The molecule has 0 amide bonds. The summed E-state index contributed by atoms with van der Waals surface area (Å²) in [6.45, 7) is 18.2. The Labute approximate surface area is 164 Å². The highest BCUT2D eigenvalue weighted by atomic mass is 17.2. The molecule has 2 rings (SSSR count). The molecule has 0 atom stereocenters. The molecule has 27 heavy (non-hydrogen) atoms. The highest BCUT2D eigenvalue weighted by Gasteiger charge is 2.44. The molecule has 1 aliphatic rings. The lowest BCUT2D eigenvalue weighted by atomic mass is 9.68. The molecule has 0 bridgehead atoms. The lowest BCUT2D eigenvalue weighted by Gasteiger charge is -2.39. The summed E-state index contributed by atoms with van der Waals surface area (Å²) in [5.74, 6) is 0.0842. The largest absolute Gasteiger partial charge is 0.289 e. The average molecular weight is 371 g/mol. The van der Waals surface area contributed by atoms with Crippen LogP contribution >= 0.6 is 0 Å². The molecule has 1 aromatic carbocycles. The number of carbonyl (C=O) groups excluding carboxylic acids is 1. The van der Waals surface area contributed by atoms with Gasteiger partial charge in [-0.1, -0.05) is 71.9 Å². The molecule has 0 aromatic heterocycles. The van der Waals surface area contributed by atoms with Crippen LogP contribution in [0.2, 0.25) is 0 Å². The van der Waals surface area contributed by atoms with Crippen LogP contribution in [0.15, 0.2) is 53.6 Å². The maximum absolute atomic E-state index is 13.3. The maximum Gasteiger partial charge on any atom is 0.185 e. The first-order valence-corrected chi connectivity index (χ1v) is 9.59. The molecule has 0 saturated heterocycles. The summed E-state index contributed by atoms with van der Waals surface area (Å²) in [5, 5.41) is 0. The monoisotopic (exact) mass is 370 g/mol. The number of ketones is 1. The Kier molecular flexibility index (Phi) is 5.62. The highest BCUT2D eigenvalue weighted by molar-refractivity contribution is 6.11. The first-order valence-electron chi connectivity index (χ1n) is 9.59. The molecule has 0 spiro atoms. The molecule has 0 N–H and O–H groups in total. The predicted molar refractivity (Wildman–Crippen MR) is 110 cm³/mol. The minimum atomic E-state index is -0.951. The Hall–Kier alpha value is -1.71. The summed E-state index contributed by atoms with van der Waals surface area (Å²) in [7, 11) is 0. The van der Waals surface area contributed by atoms with E-state index in [1.165, 1.54) is 0 Å². The second-order valence-electron chi connectivity index (χ2n) is 10.4. The molecule has 3 heteroatoms. The second-order valence-corrected chi connectivity index (χ2v) is 10.4. The molecule has 0 aliphatic heterocycles. The van der Waals surface area contributed by atoms with Gasteiger partial charge in [-0.2, -0.15) is 0 Å². The molecule has 1 aromatic rings. The molecular formula is C24H34O3. The Morgan fingerprint density at radius 1 is 0.741 bits per heavy atom. The Morgan fingerprint density at radius 3 is 1.56 bits per heavy atom. The van der Waals surface area contributed by atoms with E-state index in [0.29, 0.717) is 0 Å². The van der Waals surface area contributed by atoms with Crippen molar-refractivity contribution in [3.8, 4) is 0 Å². The van der Waals surface area contributed by atoms with Gasteiger partial charge in [0.1, 0.15) is 0 Å². The molecular weight excluding hydrogens is 336 g/mol. The van der Waals surface area contributed by atoms with Crippen molar-refractivity contribution < 1.29 is 14.6 Å². The fraction of sp³-hybridized carbons (Fsp3) is 0.542. The topological polar surface area (TPSA) is 35.5 Å². The van der Waals surface area contributed by atoms with E-state index < -0.39 is 11.2 Å². The van der Waals surface area contributed by atoms with Gasteiger partial charge in [-0.3, -0.25) is 4.79 Å². The summed E-state index contributed by atoms with van der Waals surface area (Å²) in [6.07, 6.45) is 3.87. The van der Waals surface area contributed by atoms with E-state index in [1.54, 1.807) is 0 Å². The number of hydrogen-bond donors (Lipinski definition) is 0. The molecule has 1 aliphatic carbocycles. The van der Waals surface area contributed by atoms with E-state index >= 15 is 0 Å². The van der Waals surface area contributed by atoms with Crippen LogP contribution in [-0.2, 0) is 20.2 Å². The summed E-state index contributed by atoms with van der Waals surface area (Å²) in [6, 6.07) is 9.94. The first-order chi connectivity index (χ1) is 12.2. The SMILES string of the molecule is CC(C)(C)OOC1(c2ccccc2)C=C(C(C)(C)C)C(=O)C(C(C)(C)C)=C1. The van der Waals surface area contributed by atoms with Crippen molar-refractivity contribution >= 4 is 5.78 Å². The minimum absolute atomic E-state index is 0.0842. The van der Waals surface area contributed by atoms with Gasteiger partial charge in [-0.05, 0) is 49.3 Å². The van der Waals surface area contributed by atoms with Crippen LogP contribution in [0.1, 0.15) is 67.9 Å². The van der Waals surface area contributed by atoms with Gasteiger partial charge in [0.15, 0.2) is 11.4 Å². The van der Waals surface area contributed by atoms with Crippen LogP contribution in [0.5, 0.6) is 0 Å². The number of Topliss-reactive ketones (excluding diaryl/α,β-unsaturated/α-hetero) is 1. The number of rotatable bonds is 3.